The standard InChI is InChI=1S/C11H8ClNO/c12-9-6-7-13-11(8-9)14-10-4-2-1-3-5-10/h1-8H. The third kappa shape index (κ3) is 2.24. The molecule has 0 spiro atoms. The van der Waals surface area contributed by atoms with E-state index in [2.05, 4.69) is 4.98 Å². The van der Waals surface area contributed by atoms with Gasteiger partial charge in [0, 0.05) is 17.3 Å². The molecule has 0 saturated heterocycles. The van der Waals surface area contributed by atoms with Crippen LogP contribution in [0.3, 0.4) is 0 Å². The minimum absolute atomic E-state index is 0.503. The molecule has 0 aliphatic heterocycles. The van der Waals surface area contributed by atoms with Crippen molar-refractivity contribution < 1.29 is 4.74 Å². The molecule has 0 atom stereocenters. The molecule has 2 rings (SSSR count). The van der Waals surface area contributed by atoms with Crippen molar-refractivity contribution in [1.29, 1.82) is 0 Å². The van der Waals surface area contributed by atoms with Gasteiger partial charge in [-0.1, -0.05) is 29.8 Å². The topological polar surface area (TPSA) is 22.1 Å². The Kier molecular flexibility index (Phi) is 2.65. The maximum absolute atomic E-state index is 5.79. The third-order valence-electron chi connectivity index (χ3n) is 1.66. The van der Waals surface area contributed by atoms with Gasteiger partial charge in [0.05, 0.1) is 0 Å². The molecule has 3 heteroatoms. The number of hydrogen-bond acceptors (Lipinski definition) is 2. The second-order valence-corrected chi connectivity index (χ2v) is 3.16. The molecular formula is C11H8ClNO. The van der Waals surface area contributed by atoms with Crippen molar-refractivity contribution in [2.75, 3.05) is 0 Å². The number of ether oxygens (including phenoxy) is 1. The van der Waals surface area contributed by atoms with Crippen LogP contribution in [-0.4, -0.2) is 4.98 Å². The molecule has 0 aliphatic carbocycles. The Morgan fingerprint density at radius 3 is 2.57 bits per heavy atom. The van der Waals surface area contributed by atoms with E-state index in [9.17, 15) is 0 Å². The Hall–Kier alpha value is -1.54. The summed E-state index contributed by atoms with van der Waals surface area (Å²) in [5.41, 5.74) is 0. The van der Waals surface area contributed by atoms with Gasteiger partial charge in [-0.2, -0.15) is 0 Å². The van der Waals surface area contributed by atoms with Crippen LogP contribution >= 0.6 is 11.6 Å². The van der Waals surface area contributed by atoms with Gasteiger partial charge in [-0.15, -0.1) is 0 Å². The van der Waals surface area contributed by atoms with Crippen LogP contribution in [0.15, 0.2) is 48.7 Å². The fraction of sp³-hybridized carbons (Fsp3) is 0. The monoisotopic (exact) mass is 205 g/mol. The summed E-state index contributed by atoms with van der Waals surface area (Å²) < 4.78 is 5.46. The van der Waals surface area contributed by atoms with Crippen molar-refractivity contribution in [3.05, 3.63) is 53.7 Å². The van der Waals surface area contributed by atoms with Crippen molar-refractivity contribution in [3.8, 4) is 11.6 Å². The van der Waals surface area contributed by atoms with Crippen molar-refractivity contribution in [1.82, 2.24) is 4.98 Å². The molecule has 1 aromatic carbocycles. The van der Waals surface area contributed by atoms with Crippen molar-refractivity contribution in [2.24, 2.45) is 0 Å². The summed E-state index contributed by atoms with van der Waals surface area (Å²) in [5.74, 6) is 1.26. The lowest BCUT2D eigenvalue weighted by atomic mass is 10.3. The number of benzene rings is 1. The number of aromatic nitrogens is 1. The lowest BCUT2D eigenvalue weighted by molar-refractivity contribution is 0.463. The van der Waals surface area contributed by atoms with Gasteiger partial charge in [-0.25, -0.2) is 4.98 Å². The van der Waals surface area contributed by atoms with Crippen molar-refractivity contribution in [3.63, 3.8) is 0 Å². The number of halogens is 1. The first-order valence-corrected chi connectivity index (χ1v) is 4.57. The van der Waals surface area contributed by atoms with Crippen molar-refractivity contribution >= 4 is 11.6 Å². The normalized spacial score (nSPS) is 9.79. The lowest BCUT2D eigenvalue weighted by Gasteiger charge is -2.03. The summed E-state index contributed by atoms with van der Waals surface area (Å²) in [6, 6.07) is 12.8. The van der Waals surface area contributed by atoms with Crippen LogP contribution in [-0.2, 0) is 0 Å². The molecule has 1 aromatic heterocycles. The highest BCUT2D eigenvalue weighted by Crippen LogP contribution is 2.20. The van der Waals surface area contributed by atoms with Gasteiger partial charge < -0.3 is 4.74 Å². The van der Waals surface area contributed by atoms with Gasteiger partial charge in [-0.05, 0) is 18.2 Å². The van der Waals surface area contributed by atoms with E-state index in [0.29, 0.717) is 10.9 Å². The van der Waals surface area contributed by atoms with Gasteiger partial charge >= 0.3 is 0 Å². The molecule has 0 N–H and O–H groups in total. The lowest BCUT2D eigenvalue weighted by Crippen LogP contribution is -1.86. The smallest absolute Gasteiger partial charge is 0.220 e. The summed E-state index contributed by atoms with van der Waals surface area (Å²) in [6.45, 7) is 0. The second kappa shape index (κ2) is 4.11. The molecule has 0 unspecified atom stereocenters. The SMILES string of the molecule is Clc1ccnc(Oc2ccccc2)c1. The average molecular weight is 206 g/mol. The molecule has 0 aliphatic rings. The van der Waals surface area contributed by atoms with E-state index in [1.54, 1.807) is 18.3 Å². The van der Waals surface area contributed by atoms with Crippen LogP contribution in [0.5, 0.6) is 11.6 Å². The van der Waals surface area contributed by atoms with Gasteiger partial charge in [0.1, 0.15) is 5.75 Å². The Labute approximate surface area is 87.1 Å². The molecule has 14 heavy (non-hydrogen) atoms. The third-order valence-corrected chi connectivity index (χ3v) is 1.90. The highest BCUT2D eigenvalue weighted by atomic mass is 35.5. The zero-order chi connectivity index (χ0) is 9.80. The summed E-state index contributed by atoms with van der Waals surface area (Å²) in [6.07, 6.45) is 1.61. The van der Waals surface area contributed by atoms with E-state index in [-0.39, 0.29) is 0 Å². The Balaban J connectivity index is 2.19. The molecule has 0 radical (unpaired) electrons. The zero-order valence-corrected chi connectivity index (χ0v) is 8.11. The van der Waals surface area contributed by atoms with Gasteiger partial charge in [0.15, 0.2) is 0 Å². The minimum atomic E-state index is 0.503. The summed E-state index contributed by atoms with van der Waals surface area (Å²) >= 11 is 5.79. The fourth-order valence-electron chi connectivity index (χ4n) is 1.05. The molecule has 70 valence electrons. The van der Waals surface area contributed by atoms with E-state index in [1.807, 2.05) is 30.3 Å². The largest absolute Gasteiger partial charge is 0.439 e. The molecule has 0 saturated carbocycles. The average Bonchev–Trinajstić information content (AvgIpc) is 2.19. The van der Waals surface area contributed by atoms with E-state index >= 15 is 0 Å². The first-order valence-electron chi connectivity index (χ1n) is 4.19. The van der Waals surface area contributed by atoms with Crippen LogP contribution in [0.2, 0.25) is 5.02 Å². The maximum Gasteiger partial charge on any atom is 0.220 e. The summed E-state index contributed by atoms with van der Waals surface area (Å²) in [7, 11) is 0. The first kappa shape index (κ1) is 9.03. The predicted octanol–water partition coefficient (Wildman–Crippen LogP) is 3.53. The first-order chi connectivity index (χ1) is 6.84. The Morgan fingerprint density at radius 2 is 1.86 bits per heavy atom. The van der Waals surface area contributed by atoms with Crippen LogP contribution in [0.4, 0.5) is 0 Å². The summed E-state index contributed by atoms with van der Waals surface area (Å²) in [5, 5.41) is 0.617. The quantitative estimate of drug-likeness (QED) is 0.748. The Morgan fingerprint density at radius 1 is 1.07 bits per heavy atom. The van der Waals surface area contributed by atoms with Crippen LogP contribution in [0.1, 0.15) is 0 Å². The minimum Gasteiger partial charge on any atom is -0.439 e. The molecule has 0 bridgehead atoms. The summed E-state index contributed by atoms with van der Waals surface area (Å²) in [4.78, 5) is 4.03. The molecule has 1 heterocycles. The number of nitrogens with zero attached hydrogens (tertiary/aromatic N) is 1. The predicted molar refractivity (Wildman–Crippen MR) is 55.8 cm³/mol. The molecule has 0 amide bonds. The second-order valence-electron chi connectivity index (χ2n) is 2.73. The van der Waals surface area contributed by atoms with Crippen LogP contribution < -0.4 is 4.74 Å². The maximum atomic E-state index is 5.79. The number of pyridine rings is 1. The number of hydrogen-bond donors (Lipinski definition) is 0. The highest BCUT2D eigenvalue weighted by molar-refractivity contribution is 6.30. The van der Waals surface area contributed by atoms with Crippen molar-refractivity contribution in [2.45, 2.75) is 0 Å². The molecule has 2 aromatic rings. The Bertz CT molecular complexity index is 417. The molecular weight excluding hydrogens is 198 g/mol. The van der Waals surface area contributed by atoms with Gasteiger partial charge in [-0.3, -0.25) is 0 Å². The highest BCUT2D eigenvalue weighted by Gasteiger charge is 1.97. The van der Waals surface area contributed by atoms with Crippen LogP contribution in [0.25, 0.3) is 0 Å². The number of rotatable bonds is 2. The van der Waals surface area contributed by atoms with Crippen LogP contribution in [0, 0.1) is 0 Å². The van der Waals surface area contributed by atoms with E-state index in [1.165, 1.54) is 0 Å². The molecule has 2 nitrogen and oxygen atoms in total. The van der Waals surface area contributed by atoms with E-state index < -0.39 is 0 Å². The van der Waals surface area contributed by atoms with Gasteiger partial charge in [0.2, 0.25) is 5.88 Å². The fourth-order valence-corrected chi connectivity index (χ4v) is 1.20. The number of para-hydroxylation sites is 1. The zero-order valence-electron chi connectivity index (χ0n) is 7.35. The molecule has 0 fully saturated rings. The van der Waals surface area contributed by atoms with Gasteiger partial charge in [0.25, 0.3) is 0 Å². The van der Waals surface area contributed by atoms with E-state index in [4.69, 9.17) is 16.3 Å². The van der Waals surface area contributed by atoms with E-state index in [0.717, 1.165) is 5.75 Å².